The summed E-state index contributed by atoms with van der Waals surface area (Å²) in [4.78, 5) is 29.3. The summed E-state index contributed by atoms with van der Waals surface area (Å²) in [6.45, 7) is 11.0. The molecule has 1 fully saturated rings. The zero-order valence-electron chi connectivity index (χ0n) is 19.9. The maximum absolute atomic E-state index is 13.8. The fourth-order valence-electron chi connectivity index (χ4n) is 4.36. The van der Waals surface area contributed by atoms with Crippen LogP contribution in [0.5, 0.6) is 0 Å². The van der Waals surface area contributed by atoms with Crippen molar-refractivity contribution >= 4 is 5.91 Å². The summed E-state index contributed by atoms with van der Waals surface area (Å²) in [6, 6.07) is 3.83. The maximum Gasteiger partial charge on any atom is 0.272 e. The molecular formula is C25H32N6O. The van der Waals surface area contributed by atoms with Crippen LogP contribution < -0.4 is 0 Å². The van der Waals surface area contributed by atoms with Crippen LogP contribution in [-0.2, 0) is 12.5 Å². The molecule has 3 aromatic heterocycles. The number of hydrogen-bond acceptors (Lipinski definition) is 5. The number of likely N-dealkylation sites (tertiary alicyclic amines) is 1. The van der Waals surface area contributed by atoms with Gasteiger partial charge in [0.25, 0.3) is 5.91 Å². The minimum absolute atomic E-state index is 0.00821. The van der Waals surface area contributed by atoms with Crippen molar-refractivity contribution in [3.05, 3.63) is 59.2 Å². The molecule has 1 aliphatic heterocycles. The van der Waals surface area contributed by atoms with Gasteiger partial charge in [0.05, 0.1) is 17.4 Å². The number of aryl methyl sites for hydroxylation is 3. The number of aromatic nitrogens is 5. The Labute approximate surface area is 189 Å². The van der Waals surface area contributed by atoms with Crippen molar-refractivity contribution in [2.45, 2.75) is 65.3 Å². The average molecular weight is 433 g/mol. The fraction of sp³-hybridized carbons (Fsp3) is 0.480. The van der Waals surface area contributed by atoms with E-state index in [1.165, 1.54) is 0 Å². The summed E-state index contributed by atoms with van der Waals surface area (Å²) >= 11 is 0. The van der Waals surface area contributed by atoms with E-state index in [0.717, 1.165) is 47.3 Å². The molecule has 32 heavy (non-hydrogen) atoms. The number of pyridine rings is 1. The highest BCUT2D eigenvalue weighted by atomic mass is 16.2. The highest BCUT2D eigenvalue weighted by Gasteiger charge is 2.34. The lowest BCUT2D eigenvalue weighted by molar-refractivity contribution is 0.0595. The van der Waals surface area contributed by atoms with Gasteiger partial charge in [-0.05, 0) is 56.4 Å². The van der Waals surface area contributed by atoms with Gasteiger partial charge in [0.2, 0.25) is 0 Å². The largest absolute Gasteiger partial charge is 0.329 e. The molecule has 168 valence electrons. The van der Waals surface area contributed by atoms with Gasteiger partial charge in [-0.3, -0.25) is 14.5 Å². The predicted octanol–water partition coefficient (Wildman–Crippen LogP) is 4.55. The molecule has 1 saturated heterocycles. The maximum atomic E-state index is 13.8. The lowest BCUT2D eigenvalue weighted by Gasteiger charge is -2.36. The molecule has 7 heteroatoms. The zero-order chi connectivity index (χ0) is 23.0. The Morgan fingerprint density at radius 1 is 1.12 bits per heavy atom. The van der Waals surface area contributed by atoms with Gasteiger partial charge in [0.1, 0.15) is 11.5 Å². The van der Waals surface area contributed by atoms with Gasteiger partial charge in [0.15, 0.2) is 0 Å². The molecule has 3 aromatic rings. The SMILES string of the molecule is Cc1ncc(-c2ccncc2C)c(C2CCCCN2C(=O)c2cc(C(C)(C)C)nn2C)n1. The monoisotopic (exact) mass is 432 g/mol. The van der Waals surface area contributed by atoms with E-state index in [1.54, 1.807) is 10.9 Å². The minimum atomic E-state index is -0.118. The molecule has 1 aliphatic rings. The minimum Gasteiger partial charge on any atom is -0.329 e. The van der Waals surface area contributed by atoms with E-state index in [-0.39, 0.29) is 17.4 Å². The van der Waals surface area contributed by atoms with Crippen molar-refractivity contribution in [1.29, 1.82) is 0 Å². The van der Waals surface area contributed by atoms with Gasteiger partial charge in [-0.1, -0.05) is 20.8 Å². The van der Waals surface area contributed by atoms with Crippen LogP contribution in [0.2, 0.25) is 0 Å². The number of carbonyl (C=O) groups excluding carboxylic acids is 1. The average Bonchev–Trinajstić information content (AvgIpc) is 3.16. The quantitative estimate of drug-likeness (QED) is 0.607. The first-order valence-corrected chi connectivity index (χ1v) is 11.3. The Morgan fingerprint density at radius 3 is 2.59 bits per heavy atom. The Hall–Kier alpha value is -3.09. The summed E-state index contributed by atoms with van der Waals surface area (Å²) < 4.78 is 1.72. The van der Waals surface area contributed by atoms with E-state index >= 15 is 0 Å². The Morgan fingerprint density at radius 2 is 1.91 bits per heavy atom. The fourth-order valence-corrected chi connectivity index (χ4v) is 4.36. The lowest BCUT2D eigenvalue weighted by Crippen LogP contribution is -2.40. The summed E-state index contributed by atoms with van der Waals surface area (Å²) in [7, 11) is 1.85. The Kier molecular flexibility index (Phi) is 5.84. The Balaban J connectivity index is 1.77. The van der Waals surface area contributed by atoms with E-state index in [4.69, 9.17) is 4.98 Å². The molecule has 0 radical (unpaired) electrons. The van der Waals surface area contributed by atoms with E-state index < -0.39 is 0 Å². The number of piperidine rings is 1. The second kappa shape index (κ2) is 8.45. The molecule has 0 aromatic carbocycles. The highest BCUT2D eigenvalue weighted by Crippen LogP contribution is 2.37. The molecule has 1 atom stereocenters. The molecule has 1 amide bonds. The number of amides is 1. The zero-order valence-corrected chi connectivity index (χ0v) is 19.9. The molecule has 1 unspecified atom stereocenters. The second-order valence-electron chi connectivity index (χ2n) is 9.71. The first-order valence-electron chi connectivity index (χ1n) is 11.3. The second-order valence-corrected chi connectivity index (χ2v) is 9.71. The van der Waals surface area contributed by atoms with Gasteiger partial charge >= 0.3 is 0 Å². The van der Waals surface area contributed by atoms with Crippen molar-refractivity contribution in [1.82, 2.24) is 29.6 Å². The molecule has 0 bridgehead atoms. The molecule has 0 spiro atoms. The van der Waals surface area contributed by atoms with Crippen LogP contribution in [0.25, 0.3) is 11.1 Å². The summed E-state index contributed by atoms with van der Waals surface area (Å²) in [5.41, 5.74) is 5.43. The van der Waals surface area contributed by atoms with Gasteiger partial charge in [-0.15, -0.1) is 0 Å². The highest BCUT2D eigenvalue weighted by molar-refractivity contribution is 5.93. The van der Waals surface area contributed by atoms with Crippen molar-refractivity contribution in [2.24, 2.45) is 7.05 Å². The van der Waals surface area contributed by atoms with Gasteiger partial charge < -0.3 is 4.90 Å². The van der Waals surface area contributed by atoms with E-state index in [2.05, 4.69) is 35.8 Å². The van der Waals surface area contributed by atoms with Crippen LogP contribution in [-0.4, -0.2) is 42.1 Å². The number of nitrogens with zero attached hydrogens (tertiary/aromatic N) is 6. The van der Waals surface area contributed by atoms with Crippen molar-refractivity contribution < 1.29 is 4.79 Å². The number of hydrogen-bond donors (Lipinski definition) is 0. The molecule has 0 N–H and O–H groups in total. The third kappa shape index (κ3) is 4.16. The molecule has 0 saturated carbocycles. The van der Waals surface area contributed by atoms with E-state index in [9.17, 15) is 4.79 Å². The van der Waals surface area contributed by atoms with Crippen LogP contribution in [0.4, 0.5) is 0 Å². The lowest BCUT2D eigenvalue weighted by atomic mass is 9.91. The van der Waals surface area contributed by atoms with Gasteiger partial charge in [-0.25, -0.2) is 9.97 Å². The molecular weight excluding hydrogens is 400 g/mol. The topological polar surface area (TPSA) is 76.8 Å². The van der Waals surface area contributed by atoms with Crippen LogP contribution in [0.3, 0.4) is 0 Å². The van der Waals surface area contributed by atoms with Crippen molar-refractivity contribution in [2.75, 3.05) is 6.54 Å². The van der Waals surface area contributed by atoms with E-state index in [0.29, 0.717) is 18.1 Å². The third-order valence-corrected chi connectivity index (χ3v) is 6.20. The number of rotatable bonds is 3. The van der Waals surface area contributed by atoms with Crippen LogP contribution in [0.15, 0.2) is 30.7 Å². The molecule has 4 rings (SSSR count). The van der Waals surface area contributed by atoms with Crippen molar-refractivity contribution in [3.63, 3.8) is 0 Å². The smallest absolute Gasteiger partial charge is 0.272 e. The predicted molar refractivity (Wildman–Crippen MR) is 124 cm³/mol. The van der Waals surface area contributed by atoms with Crippen LogP contribution >= 0.6 is 0 Å². The molecule has 0 aliphatic carbocycles. The molecule has 7 nitrogen and oxygen atoms in total. The summed E-state index contributed by atoms with van der Waals surface area (Å²) in [5.74, 6) is 0.720. The van der Waals surface area contributed by atoms with Gasteiger partial charge in [0, 0.05) is 43.2 Å². The third-order valence-electron chi connectivity index (χ3n) is 6.20. The molecule has 4 heterocycles. The number of carbonyl (C=O) groups is 1. The Bertz CT molecular complexity index is 1140. The first-order chi connectivity index (χ1) is 15.2. The van der Waals surface area contributed by atoms with Gasteiger partial charge in [-0.2, -0.15) is 5.10 Å². The normalized spacial score (nSPS) is 16.9. The first kappa shape index (κ1) is 22.1. The van der Waals surface area contributed by atoms with Crippen molar-refractivity contribution in [3.8, 4) is 11.1 Å². The summed E-state index contributed by atoms with van der Waals surface area (Å²) in [5, 5.41) is 4.62. The van der Waals surface area contributed by atoms with Crippen LogP contribution in [0.1, 0.15) is 79.3 Å². The standard InChI is InChI=1S/C25H32N6O/c1-16-14-26-11-10-18(16)19-15-27-17(2)28-23(19)20-9-7-8-12-31(20)24(32)21-13-22(25(3,4)5)29-30(21)6/h10-11,13-15,20H,7-9,12H2,1-6H3. The summed E-state index contributed by atoms with van der Waals surface area (Å²) in [6.07, 6.45) is 8.46. The van der Waals surface area contributed by atoms with Crippen LogP contribution in [0, 0.1) is 13.8 Å². The van der Waals surface area contributed by atoms with E-state index in [1.807, 2.05) is 50.3 Å².